The number of anilines is 2. The molecule has 3 aliphatic heterocycles. The molecule has 3 aromatic rings. The number of fused-ring (bicyclic) bond motifs is 1. The van der Waals surface area contributed by atoms with Gasteiger partial charge in [0.25, 0.3) is 17.7 Å². The molecule has 2 saturated heterocycles. The van der Waals surface area contributed by atoms with Gasteiger partial charge < -0.3 is 10.2 Å². The smallest absolute Gasteiger partial charge is 0.262 e. The number of imide groups is 2. The summed E-state index contributed by atoms with van der Waals surface area (Å²) in [7, 11) is 0. The molecule has 230 valence electrons. The second-order valence-electron chi connectivity index (χ2n) is 12.2. The van der Waals surface area contributed by atoms with Crippen molar-refractivity contribution in [3.8, 4) is 17.9 Å². The van der Waals surface area contributed by atoms with Crippen molar-refractivity contribution in [3.63, 3.8) is 0 Å². The van der Waals surface area contributed by atoms with Crippen LogP contribution < -0.4 is 15.5 Å². The van der Waals surface area contributed by atoms with Gasteiger partial charge in [0.15, 0.2) is 0 Å². The SMILES string of the molecule is Cc1cc(NC(=O)C2(n3cc(C#CC4CN(c5ccc6c(c5)C(=O)N(C5CCC(=O)NC5=O)C6=O)C4)cn3)CCC2)ccc1C#N. The van der Waals surface area contributed by atoms with Gasteiger partial charge >= 0.3 is 0 Å². The quantitative estimate of drug-likeness (QED) is 0.327. The second-order valence-corrected chi connectivity index (χ2v) is 12.2. The fourth-order valence-corrected chi connectivity index (χ4v) is 6.43. The van der Waals surface area contributed by atoms with E-state index in [1.807, 2.05) is 13.1 Å². The third-order valence-electron chi connectivity index (χ3n) is 9.32. The van der Waals surface area contributed by atoms with Crippen LogP contribution in [-0.2, 0) is 19.9 Å². The van der Waals surface area contributed by atoms with Crippen LogP contribution >= 0.6 is 0 Å². The summed E-state index contributed by atoms with van der Waals surface area (Å²) in [6.07, 6.45) is 5.91. The first-order valence-electron chi connectivity index (χ1n) is 15.2. The van der Waals surface area contributed by atoms with E-state index in [9.17, 15) is 29.2 Å². The molecule has 2 aromatic carbocycles. The standard InChI is InChI=1S/C34H29N7O5/c1-20-13-24(6-5-23(20)15-35)37-33(46)34(11-2-12-34)40-19-21(16-36-40)3-4-22-17-39(18-22)25-7-8-26-27(14-25)32(45)41(31(26)44)28-9-10-29(42)38-30(28)43/h5-8,13-14,16,19,22,28H,2,9-12,17-18H2,1H3,(H,37,46)(H,38,42,43). The maximum Gasteiger partial charge on any atom is 0.262 e. The van der Waals surface area contributed by atoms with Crippen LogP contribution in [0.15, 0.2) is 48.8 Å². The number of aromatic nitrogens is 2. The summed E-state index contributed by atoms with van der Waals surface area (Å²) >= 11 is 0. The highest BCUT2D eigenvalue weighted by atomic mass is 16.2. The first-order valence-corrected chi connectivity index (χ1v) is 15.2. The molecule has 3 fully saturated rings. The lowest BCUT2D eigenvalue weighted by molar-refractivity contribution is -0.136. The van der Waals surface area contributed by atoms with Crippen LogP contribution in [0.25, 0.3) is 0 Å². The van der Waals surface area contributed by atoms with Crippen molar-refractivity contribution in [1.29, 1.82) is 5.26 Å². The van der Waals surface area contributed by atoms with Gasteiger partial charge in [-0.25, -0.2) is 0 Å². The van der Waals surface area contributed by atoms with Crippen LogP contribution in [-0.4, -0.2) is 63.3 Å². The van der Waals surface area contributed by atoms with E-state index in [-0.39, 0.29) is 35.8 Å². The summed E-state index contributed by atoms with van der Waals surface area (Å²) in [5, 5.41) is 18.9. The Morgan fingerprint density at radius 1 is 1.07 bits per heavy atom. The fourth-order valence-electron chi connectivity index (χ4n) is 6.43. The maximum atomic E-state index is 13.4. The summed E-state index contributed by atoms with van der Waals surface area (Å²) < 4.78 is 1.71. The molecular weight excluding hydrogens is 586 g/mol. The van der Waals surface area contributed by atoms with Gasteiger partial charge in [-0.1, -0.05) is 11.8 Å². The van der Waals surface area contributed by atoms with E-state index < -0.39 is 35.2 Å². The molecule has 1 aliphatic carbocycles. The monoisotopic (exact) mass is 615 g/mol. The number of carbonyl (C=O) groups is 5. The van der Waals surface area contributed by atoms with Gasteiger partial charge in [-0.15, -0.1) is 0 Å². The molecule has 12 nitrogen and oxygen atoms in total. The minimum Gasteiger partial charge on any atom is -0.369 e. The molecule has 46 heavy (non-hydrogen) atoms. The lowest BCUT2D eigenvalue weighted by atomic mass is 9.76. The molecule has 5 amide bonds. The Morgan fingerprint density at radius 2 is 1.85 bits per heavy atom. The summed E-state index contributed by atoms with van der Waals surface area (Å²) in [5.74, 6) is 4.29. The van der Waals surface area contributed by atoms with Gasteiger partial charge in [0.1, 0.15) is 11.6 Å². The molecule has 2 N–H and O–H groups in total. The zero-order chi connectivity index (χ0) is 32.2. The van der Waals surface area contributed by atoms with Crippen LogP contribution in [0, 0.1) is 36.0 Å². The largest absolute Gasteiger partial charge is 0.369 e. The average molecular weight is 616 g/mol. The van der Waals surface area contributed by atoms with Crippen LogP contribution in [0.1, 0.15) is 69.5 Å². The number of rotatable bonds is 5. The van der Waals surface area contributed by atoms with Gasteiger partial charge in [0.05, 0.1) is 40.4 Å². The van der Waals surface area contributed by atoms with Crippen molar-refractivity contribution in [2.75, 3.05) is 23.3 Å². The van der Waals surface area contributed by atoms with Gasteiger partial charge in [0.2, 0.25) is 11.8 Å². The fraction of sp³-hybridized carbons (Fsp3) is 0.324. The van der Waals surface area contributed by atoms with Crippen molar-refractivity contribution in [1.82, 2.24) is 20.0 Å². The first-order chi connectivity index (χ1) is 22.2. The molecule has 0 radical (unpaired) electrons. The van der Waals surface area contributed by atoms with Gasteiger partial charge in [-0.2, -0.15) is 10.4 Å². The Hall–Kier alpha value is -5.75. The summed E-state index contributed by atoms with van der Waals surface area (Å²) in [5.41, 5.74) is 3.21. The Labute approximate surface area is 264 Å². The highest BCUT2D eigenvalue weighted by Gasteiger charge is 2.47. The predicted molar refractivity (Wildman–Crippen MR) is 164 cm³/mol. The second kappa shape index (κ2) is 11.0. The molecule has 0 bridgehead atoms. The number of aryl methyl sites for hydroxylation is 1. The Morgan fingerprint density at radius 3 is 2.54 bits per heavy atom. The molecule has 7 rings (SSSR count). The van der Waals surface area contributed by atoms with E-state index in [0.29, 0.717) is 42.7 Å². The minimum atomic E-state index is -0.998. The molecule has 1 unspecified atom stereocenters. The zero-order valence-electron chi connectivity index (χ0n) is 25.0. The summed E-state index contributed by atoms with van der Waals surface area (Å²) in [6.45, 7) is 3.10. The van der Waals surface area contributed by atoms with Gasteiger partial charge in [-0.3, -0.25) is 38.9 Å². The summed E-state index contributed by atoms with van der Waals surface area (Å²) in [4.78, 5) is 66.4. The van der Waals surface area contributed by atoms with E-state index in [4.69, 9.17) is 0 Å². The van der Waals surface area contributed by atoms with Gasteiger partial charge in [0, 0.05) is 37.1 Å². The normalized spacial score (nSPS) is 20.1. The summed E-state index contributed by atoms with van der Waals surface area (Å²) in [6, 6.07) is 11.4. The first kappa shape index (κ1) is 29.0. The number of carbonyl (C=O) groups excluding carboxylic acids is 5. The van der Waals surface area contributed by atoms with E-state index in [0.717, 1.165) is 22.6 Å². The van der Waals surface area contributed by atoms with Crippen molar-refractivity contribution in [2.45, 2.75) is 50.6 Å². The van der Waals surface area contributed by atoms with Crippen molar-refractivity contribution in [3.05, 3.63) is 76.6 Å². The minimum absolute atomic E-state index is 0.0713. The topological polar surface area (TPSA) is 157 Å². The third kappa shape index (κ3) is 4.79. The van der Waals surface area contributed by atoms with Gasteiger partial charge in [-0.05, 0) is 74.6 Å². The van der Waals surface area contributed by atoms with Crippen molar-refractivity contribution >= 4 is 40.9 Å². The van der Waals surface area contributed by atoms with E-state index in [2.05, 4.69) is 38.5 Å². The molecule has 1 atom stereocenters. The number of nitriles is 1. The molecule has 1 saturated carbocycles. The number of benzene rings is 2. The number of nitrogens with one attached hydrogen (secondary N) is 2. The maximum absolute atomic E-state index is 13.4. The molecule has 12 heteroatoms. The number of hydrogen-bond donors (Lipinski definition) is 2. The molecule has 4 heterocycles. The third-order valence-corrected chi connectivity index (χ3v) is 9.32. The van der Waals surface area contributed by atoms with E-state index >= 15 is 0 Å². The molecule has 1 aromatic heterocycles. The molecular formula is C34H29N7O5. The number of hydrogen-bond acceptors (Lipinski definition) is 8. The lowest BCUT2D eigenvalue weighted by Gasteiger charge is -2.40. The van der Waals surface area contributed by atoms with E-state index in [1.165, 1.54) is 0 Å². The number of nitrogens with zero attached hydrogens (tertiary/aromatic N) is 5. The molecule has 4 aliphatic rings. The van der Waals surface area contributed by atoms with Crippen molar-refractivity contribution < 1.29 is 24.0 Å². The number of amides is 5. The average Bonchev–Trinajstić information content (AvgIpc) is 3.54. The van der Waals surface area contributed by atoms with E-state index in [1.54, 1.807) is 47.3 Å². The number of piperidine rings is 1. The van der Waals surface area contributed by atoms with Crippen LogP contribution in [0.4, 0.5) is 11.4 Å². The van der Waals surface area contributed by atoms with Crippen LogP contribution in [0.5, 0.6) is 0 Å². The highest BCUT2D eigenvalue weighted by molar-refractivity contribution is 6.23. The Balaban J connectivity index is 0.986. The Kier molecular flexibility index (Phi) is 6.93. The highest BCUT2D eigenvalue weighted by Crippen LogP contribution is 2.40. The van der Waals surface area contributed by atoms with Crippen LogP contribution in [0.3, 0.4) is 0 Å². The lowest BCUT2D eigenvalue weighted by Crippen LogP contribution is -2.54. The zero-order valence-corrected chi connectivity index (χ0v) is 25.0. The molecule has 0 spiro atoms. The predicted octanol–water partition coefficient (Wildman–Crippen LogP) is 2.47. The van der Waals surface area contributed by atoms with Crippen molar-refractivity contribution in [2.24, 2.45) is 5.92 Å². The Bertz CT molecular complexity index is 1950. The van der Waals surface area contributed by atoms with Crippen LogP contribution in [0.2, 0.25) is 0 Å².